The number of hydrazine groups is 1. The second-order valence-corrected chi connectivity index (χ2v) is 10.6. The summed E-state index contributed by atoms with van der Waals surface area (Å²) in [6, 6.07) is 6.45. The van der Waals surface area contributed by atoms with E-state index in [4.69, 9.17) is 0 Å². The first-order valence-corrected chi connectivity index (χ1v) is 12.9. The van der Waals surface area contributed by atoms with Gasteiger partial charge in [-0.15, -0.1) is 0 Å². The van der Waals surface area contributed by atoms with Crippen molar-refractivity contribution in [2.45, 2.75) is 52.5 Å². The van der Waals surface area contributed by atoms with E-state index < -0.39 is 21.8 Å². The third-order valence-electron chi connectivity index (χ3n) is 5.81. The Bertz CT molecular complexity index is 1180. The Balaban J connectivity index is 1.65. The SMILES string of the molecule is CCCCS(=O)(=O)N1CCC(C(=O)NNC(=O)c2nn(C(C)C)c(=O)c3ccccc23)CC1. The van der Waals surface area contributed by atoms with E-state index in [0.717, 1.165) is 6.42 Å². The Morgan fingerprint density at radius 3 is 2.36 bits per heavy atom. The van der Waals surface area contributed by atoms with E-state index in [0.29, 0.717) is 30.0 Å². The molecule has 3 rings (SSSR count). The first-order valence-electron chi connectivity index (χ1n) is 11.2. The molecule has 0 atom stereocenters. The minimum Gasteiger partial charge on any atom is -0.273 e. The molecule has 11 heteroatoms. The highest BCUT2D eigenvalue weighted by Gasteiger charge is 2.31. The molecule has 0 spiro atoms. The van der Waals surface area contributed by atoms with Crippen molar-refractivity contribution in [2.24, 2.45) is 5.92 Å². The van der Waals surface area contributed by atoms with Crippen LogP contribution in [0.2, 0.25) is 0 Å². The van der Waals surface area contributed by atoms with E-state index in [1.807, 2.05) is 6.92 Å². The summed E-state index contributed by atoms with van der Waals surface area (Å²) in [5.41, 5.74) is 4.58. The highest BCUT2D eigenvalue weighted by atomic mass is 32.2. The van der Waals surface area contributed by atoms with Crippen LogP contribution in [0.15, 0.2) is 29.1 Å². The van der Waals surface area contributed by atoms with Gasteiger partial charge in [0.1, 0.15) is 0 Å². The molecule has 0 unspecified atom stereocenters. The number of nitrogens with one attached hydrogen (secondary N) is 2. The fourth-order valence-electron chi connectivity index (χ4n) is 3.86. The number of piperidine rings is 1. The van der Waals surface area contributed by atoms with Gasteiger partial charge in [-0.2, -0.15) is 5.10 Å². The van der Waals surface area contributed by atoms with E-state index >= 15 is 0 Å². The van der Waals surface area contributed by atoms with Crippen molar-refractivity contribution in [3.05, 3.63) is 40.3 Å². The summed E-state index contributed by atoms with van der Waals surface area (Å²) in [5, 5.41) is 4.99. The molecule has 0 radical (unpaired) electrons. The van der Waals surface area contributed by atoms with E-state index in [1.54, 1.807) is 38.1 Å². The number of carbonyl (C=O) groups excluding carboxylic acids is 2. The number of unbranched alkanes of at least 4 members (excludes halogenated alkanes) is 1. The van der Waals surface area contributed by atoms with Crippen molar-refractivity contribution in [1.82, 2.24) is 24.9 Å². The molecule has 1 fully saturated rings. The quantitative estimate of drug-likeness (QED) is 0.582. The molecule has 2 N–H and O–H groups in total. The average molecular weight is 478 g/mol. The molecule has 10 nitrogen and oxygen atoms in total. The number of rotatable bonds is 7. The van der Waals surface area contributed by atoms with Crippen LogP contribution < -0.4 is 16.4 Å². The first-order chi connectivity index (χ1) is 15.7. The van der Waals surface area contributed by atoms with E-state index in [1.165, 1.54) is 8.99 Å². The minimum atomic E-state index is -3.30. The highest BCUT2D eigenvalue weighted by Crippen LogP contribution is 2.20. The second kappa shape index (κ2) is 10.4. The molecule has 0 aliphatic carbocycles. The summed E-state index contributed by atoms with van der Waals surface area (Å²) < 4.78 is 27.4. The topological polar surface area (TPSA) is 130 Å². The van der Waals surface area contributed by atoms with Gasteiger partial charge in [-0.05, 0) is 39.2 Å². The molecule has 0 saturated carbocycles. The first kappa shape index (κ1) is 24.8. The Morgan fingerprint density at radius 2 is 1.76 bits per heavy atom. The number of nitrogens with zero attached hydrogens (tertiary/aromatic N) is 3. The third kappa shape index (κ3) is 5.59. The molecule has 2 aromatic rings. The van der Waals surface area contributed by atoms with Crippen molar-refractivity contribution < 1.29 is 18.0 Å². The number of sulfonamides is 1. The third-order valence-corrected chi connectivity index (χ3v) is 7.76. The molecule has 2 amide bonds. The molecule has 0 bridgehead atoms. The molecule has 1 aromatic heterocycles. The zero-order chi connectivity index (χ0) is 24.2. The van der Waals surface area contributed by atoms with Gasteiger partial charge in [-0.1, -0.05) is 31.5 Å². The summed E-state index contributed by atoms with van der Waals surface area (Å²) in [6.07, 6.45) is 2.18. The normalized spacial score (nSPS) is 15.6. The van der Waals surface area contributed by atoms with Crippen LogP contribution in [0.25, 0.3) is 10.8 Å². The van der Waals surface area contributed by atoms with E-state index in [-0.39, 0.29) is 42.0 Å². The zero-order valence-corrected chi connectivity index (χ0v) is 20.0. The van der Waals surface area contributed by atoms with Crippen LogP contribution in [-0.4, -0.2) is 53.2 Å². The van der Waals surface area contributed by atoms with Crippen molar-refractivity contribution in [1.29, 1.82) is 0 Å². The fraction of sp³-hybridized carbons (Fsp3) is 0.545. The molecular weight excluding hydrogens is 446 g/mol. The van der Waals surface area contributed by atoms with Crippen LogP contribution in [0.1, 0.15) is 63.0 Å². The maximum Gasteiger partial charge on any atom is 0.290 e. The van der Waals surface area contributed by atoms with E-state index in [9.17, 15) is 22.8 Å². The van der Waals surface area contributed by atoms with Crippen LogP contribution in [0.5, 0.6) is 0 Å². The molecule has 1 aromatic carbocycles. The maximum atomic E-state index is 12.8. The predicted molar refractivity (Wildman–Crippen MR) is 125 cm³/mol. The highest BCUT2D eigenvalue weighted by molar-refractivity contribution is 7.89. The van der Waals surface area contributed by atoms with Crippen molar-refractivity contribution in [3.8, 4) is 0 Å². The summed E-state index contributed by atoms with van der Waals surface area (Å²) in [7, 11) is -3.30. The lowest BCUT2D eigenvalue weighted by molar-refractivity contribution is -0.126. The Kier molecular flexibility index (Phi) is 7.85. The van der Waals surface area contributed by atoms with Gasteiger partial charge in [0.2, 0.25) is 15.9 Å². The number of benzene rings is 1. The van der Waals surface area contributed by atoms with Gasteiger partial charge >= 0.3 is 0 Å². The fourth-order valence-corrected chi connectivity index (χ4v) is 5.53. The predicted octanol–water partition coefficient (Wildman–Crippen LogP) is 1.58. The van der Waals surface area contributed by atoms with Crippen LogP contribution in [0.4, 0.5) is 0 Å². The lowest BCUT2D eigenvalue weighted by Crippen LogP contribution is -2.48. The standard InChI is InChI=1S/C22H31N5O5S/c1-4-5-14-33(31,32)26-12-10-16(11-13-26)20(28)23-24-21(29)19-17-8-6-7-9-18(17)22(30)27(25-19)15(2)3/h6-9,15-16H,4-5,10-14H2,1-3H3,(H,23,28)(H,24,29). The lowest BCUT2D eigenvalue weighted by atomic mass is 9.98. The summed E-state index contributed by atoms with van der Waals surface area (Å²) in [4.78, 5) is 38.0. The van der Waals surface area contributed by atoms with Crippen LogP contribution in [0.3, 0.4) is 0 Å². The Morgan fingerprint density at radius 1 is 1.12 bits per heavy atom. The number of amides is 2. The Hall–Kier alpha value is -2.79. The van der Waals surface area contributed by atoms with Crippen LogP contribution >= 0.6 is 0 Å². The largest absolute Gasteiger partial charge is 0.290 e. The molecule has 180 valence electrons. The van der Waals surface area contributed by atoms with Gasteiger partial charge in [0.15, 0.2) is 5.69 Å². The van der Waals surface area contributed by atoms with Crippen molar-refractivity contribution >= 4 is 32.6 Å². The van der Waals surface area contributed by atoms with Gasteiger partial charge in [-0.3, -0.25) is 25.2 Å². The van der Waals surface area contributed by atoms with Crippen LogP contribution in [-0.2, 0) is 14.8 Å². The van der Waals surface area contributed by atoms with Gasteiger partial charge in [-0.25, -0.2) is 17.4 Å². The van der Waals surface area contributed by atoms with Gasteiger partial charge in [0.25, 0.3) is 11.5 Å². The monoisotopic (exact) mass is 477 g/mol. The minimum absolute atomic E-state index is 0.0380. The van der Waals surface area contributed by atoms with Gasteiger partial charge < -0.3 is 0 Å². The number of aromatic nitrogens is 2. The molecule has 1 saturated heterocycles. The summed E-state index contributed by atoms with van der Waals surface area (Å²) >= 11 is 0. The number of carbonyl (C=O) groups is 2. The average Bonchev–Trinajstić information content (AvgIpc) is 2.81. The van der Waals surface area contributed by atoms with Gasteiger partial charge in [0, 0.05) is 24.4 Å². The molecule has 1 aliphatic rings. The molecule has 2 heterocycles. The summed E-state index contributed by atoms with van der Waals surface area (Å²) in [6.45, 7) is 6.09. The van der Waals surface area contributed by atoms with Crippen molar-refractivity contribution in [2.75, 3.05) is 18.8 Å². The smallest absolute Gasteiger partial charge is 0.273 e. The number of fused-ring (bicyclic) bond motifs is 1. The Labute approximate surface area is 193 Å². The van der Waals surface area contributed by atoms with E-state index in [2.05, 4.69) is 16.0 Å². The van der Waals surface area contributed by atoms with Gasteiger partial charge in [0.05, 0.1) is 17.2 Å². The maximum absolute atomic E-state index is 12.8. The number of hydrogen-bond donors (Lipinski definition) is 2. The molecule has 1 aliphatic heterocycles. The number of hydrogen-bond acceptors (Lipinski definition) is 6. The second-order valence-electron chi connectivity index (χ2n) is 8.52. The zero-order valence-electron chi connectivity index (χ0n) is 19.2. The summed E-state index contributed by atoms with van der Waals surface area (Å²) in [5.74, 6) is -1.29. The lowest BCUT2D eigenvalue weighted by Gasteiger charge is -2.30. The van der Waals surface area contributed by atoms with Crippen LogP contribution in [0, 0.1) is 5.92 Å². The molecular formula is C22H31N5O5S. The van der Waals surface area contributed by atoms with Crippen molar-refractivity contribution in [3.63, 3.8) is 0 Å². The molecule has 33 heavy (non-hydrogen) atoms.